The van der Waals surface area contributed by atoms with Crippen molar-refractivity contribution in [1.29, 1.82) is 0 Å². The van der Waals surface area contributed by atoms with Crippen LogP contribution < -0.4 is 4.74 Å². The summed E-state index contributed by atoms with van der Waals surface area (Å²) in [5, 5.41) is 18.1. The fraction of sp³-hybridized carbons (Fsp3) is 0.364. The first-order valence-corrected chi connectivity index (χ1v) is 4.73. The molecule has 1 aromatic rings. The molecule has 2 N–H and O–H groups in total. The largest absolute Gasteiger partial charge is 0.508 e. The third-order valence-electron chi connectivity index (χ3n) is 2.72. The van der Waals surface area contributed by atoms with Gasteiger partial charge in [0.05, 0.1) is 13.0 Å². The Hall–Kier alpha value is -1.71. The summed E-state index contributed by atoms with van der Waals surface area (Å²) in [4.78, 5) is 10.7. The summed E-state index contributed by atoms with van der Waals surface area (Å²) in [5.41, 5.74) is 0.864. The second-order valence-electron chi connectivity index (χ2n) is 3.71. The van der Waals surface area contributed by atoms with Crippen molar-refractivity contribution in [2.45, 2.75) is 12.3 Å². The highest BCUT2D eigenvalue weighted by Gasteiger charge is 2.45. The van der Waals surface area contributed by atoms with Gasteiger partial charge in [-0.15, -0.1) is 0 Å². The Bertz CT molecular complexity index is 400. The van der Waals surface area contributed by atoms with Crippen molar-refractivity contribution in [1.82, 2.24) is 0 Å². The molecule has 0 radical (unpaired) electrons. The Balaban J connectivity index is 2.26. The van der Waals surface area contributed by atoms with Gasteiger partial charge in [0.15, 0.2) is 0 Å². The predicted octanol–water partition coefficient (Wildman–Crippen LogP) is 1.59. The van der Waals surface area contributed by atoms with Gasteiger partial charge in [-0.05, 0) is 18.1 Å². The van der Waals surface area contributed by atoms with Gasteiger partial charge in [0, 0.05) is 12.0 Å². The molecule has 1 aliphatic rings. The number of aromatic hydroxyl groups is 1. The molecule has 0 amide bonds. The van der Waals surface area contributed by atoms with Crippen LogP contribution in [0.4, 0.5) is 0 Å². The minimum Gasteiger partial charge on any atom is -0.508 e. The Kier molecular flexibility index (Phi) is 2.26. The molecule has 0 heterocycles. The van der Waals surface area contributed by atoms with Gasteiger partial charge in [0.25, 0.3) is 0 Å². The zero-order chi connectivity index (χ0) is 11.0. The first-order valence-electron chi connectivity index (χ1n) is 4.73. The van der Waals surface area contributed by atoms with Gasteiger partial charge in [-0.3, -0.25) is 4.79 Å². The molecule has 80 valence electrons. The number of carboxylic acid groups (broad SMARTS) is 1. The van der Waals surface area contributed by atoms with Crippen molar-refractivity contribution in [3.8, 4) is 11.5 Å². The summed E-state index contributed by atoms with van der Waals surface area (Å²) in [5.74, 6) is -0.358. The van der Waals surface area contributed by atoms with E-state index < -0.39 is 5.97 Å². The molecule has 2 rings (SSSR count). The summed E-state index contributed by atoms with van der Waals surface area (Å²) in [7, 11) is 1.51. The third kappa shape index (κ3) is 1.75. The lowest BCUT2D eigenvalue weighted by Gasteiger charge is -2.07. The van der Waals surface area contributed by atoms with Crippen molar-refractivity contribution in [3.63, 3.8) is 0 Å². The van der Waals surface area contributed by atoms with Crippen LogP contribution in [0.5, 0.6) is 11.5 Å². The van der Waals surface area contributed by atoms with Gasteiger partial charge in [-0.25, -0.2) is 0 Å². The van der Waals surface area contributed by atoms with Gasteiger partial charge in [-0.2, -0.15) is 0 Å². The molecule has 0 bridgehead atoms. The molecule has 15 heavy (non-hydrogen) atoms. The second-order valence-corrected chi connectivity index (χ2v) is 3.71. The molecule has 4 heteroatoms. The number of phenols is 1. The molecule has 1 aliphatic carbocycles. The molecule has 1 aromatic carbocycles. The number of hydrogen-bond acceptors (Lipinski definition) is 3. The number of carbonyl (C=O) groups is 1. The van der Waals surface area contributed by atoms with E-state index in [1.54, 1.807) is 12.1 Å². The fourth-order valence-corrected chi connectivity index (χ4v) is 1.82. The maximum atomic E-state index is 10.7. The smallest absolute Gasteiger partial charge is 0.307 e. The van der Waals surface area contributed by atoms with Crippen LogP contribution in [0, 0.1) is 5.92 Å². The van der Waals surface area contributed by atoms with Crippen molar-refractivity contribution in [2.24, 2.45) is 5.92 Å². The molecule has 0 aromatic heterocycles. The number of ether oxygens (including phenoxy) is 1. The number of benzene rings is 1. The summed E-state index contributed by atoms with van der Waals surface area (Å²) in [6, 6.07) is 4.78. The van der Waals surface area contributed by atoms with Crippen molar-refractivity contribution in [3.05, 3.63) is 23.8 Å². The predicted molar refractivity (Wildman–Crippen MR) is 53.1 cm³/mol. The van der Waals surface area contributed by atoms with Gasteiger partial charge in [-0.1, -0.05) is 6.07 Å². The molecule has 0 spiro atoms. The Morgan fingerprint density at radius 2 is 2.27 bits per heavy atom. The zero-order valence-corrected chi connectivity index (χ0v) is 8.30. The van der Waals surface area contributed by atoms with Gasteiger partial charge < -0.3 is 14.9 Å². The van der Waals surface area contributed by atoms with Gasteiger partial charge in [0.2, 0.25) is 0 Å². The molecule has 2 atom stereocenters. The van der Waals surface area contributed by atoms with Crippen LogP contribution in [-0.2, 0) is 4.79 Å². The van der Waals surface area contributed by atoms with Crippen molar-refractivity contribution >= 4 is 5.97 Å². The van der Waals surface area contributed by atoms with Crippen LogP contribution in [0.1, 0.15) is 17.9 Å². The Labute approximate surface area is 87.1 Å². The van der Waals surface area contributed by atoms with E-state index in [0.29, 0.717) is 12.2 Å². The monoisotopic (exact) mass is 208 g/mol. The van der Waals surface area contributed by atoms with E-state index in [9.17, 15) is 9.90 Å². The standard InChI is InChI=1S/C11H12O4/c1-15-10-4-6(12)2-3-7(10)8-5-9(8)11(13)14/h2-4,8-9,12H,5H2,1H3,(H,13,14)/t8-,9+/m0/s1. The summed E-state index contributed by atoms with van der Waals surface area (Å²) in [6.45, 7) is 0. The average Bonchev–Trinajstić information content (AvgIpc) is 2.97. The molecular formula is C11H12O4. The van der Waals surface area contributed by atoms with Crippen LogP contribution in [0.3, 0.4) is 0 Å². The fourth-order valence-electron chi connectivity index (χ4n) is 1.82. The first kappa shape index (κ1) is 9.83. The minimum absolute atomic E-state index is 0.0260. The molecule has 1 fully saturated rings. The highest BCUT2D eigenvalue weighted by atomic mass is 16.5. The highest BCUT2D eigenvalue weighted by Crippen LogP contribution is 2.50. The quantitative estimate of drug-likeness (QED) is 0.791. The number of rotatable bonds is 3. The van der Waals surface area contributed by atoms with Crippen molar-refractivity contribution in [2.75, 3.05) is 7.11 Å². The van der Waals surface area contributed by atoms with Crippen molar-refractivity contribution < 1.29 is 19.7 Å². The maximum absolute atomic E-state index is 10.7. The average molecular weight is 208 g/mol. The van der Waals surface area contributed by atoms with E-state index in [4.69, 9.17) is 9.84 Å². The molecule has 0 saturated heterocycles. The van der Waals surface area contributed by atoms with Crippen LogP contribution >= 0.6 is 0 Å². The number of methoxy groups -OCH3 is 1. The number of phenolic OH excluding ortho intramolecular Hbond substituents is 1. The van der Waals surface area contributed by atoms with Gasteiger partial charge >= 0.3 is 5.97 Å². The topological polar surface area (TPSA) is 66.8 Å². The molecule has 0 aliphatic heterocycles. The van der Waals surface area contributed by atoms with E-state index in [1.807, 2.05) is 0 Å². The van der Waals surface area contributed by atoms with Crippen LogP contribution in [0.15, 0.2) is 18.2 Å². The second kappa shape index (κ2) is 3.46. The molecule has 4 nitrogen and oxygen atoms in total. The first-order chi connectivity index (χ1) is 7.13. The number of hydrogen-bond donors (Lipinski definition) is 2. The van der Waals surface area contributed by atoms with E-state index >= 15 is 0 Å². The number of carboxylic acids is 1. The molecule has 0 unspecified atom stereocenters. The van der Waals surface area contributed by atoms with E-state index in [-0.39, 0.29) is 17.6 Å². The SMILES string of the molecule is COc1cc(O)ccc1[C@@H]1C[C@H]1C(=O)O. The number of aliphatic carboxylic acids is 1. The summed E-state index contributed by atoms with van der Waals surface area (Å²) >= 11 is 0. The lowest BCUT2D eigenvalue weighted by atomic mass is 10.1. The van der Waals surface area contributed by atoms with E-state index in [0.717, 1.165) is 5.56 Å². The summed E-state index contributed by atoms with van der Waals surface area (Å²) in [6.07, 6.45) is 0.649. The van der Waals surface area contributed by atoms with E-state index in [2.05, 4.69) is 0 Å². The van der Waals surface area contributed by atoms with Crippen LogP contribution in [0.2, 0.25) is 0 Å². The third-order valence-corrected chi connectivity index (χ3v) is 2.72. The lowest BCUT2D eigenvalue weighted by Crippen LogP contribution is -2.00. The zero-order valence-electron chi connectivity index (χ0n) is 8.30. The Morgan fingerprint density at radius 3 is 2.80 bits per heavy atom. The highest BCUT2D eigenvalue weighted by molar-refractivity contribution is 5.75. The normalized spacial score (nSPS) is 23.5. The van der Waals surface area contributed by atoms with Crippen LogP contribution in [0.25, 0.3) is 0 Å². The Morgan fingerprint density at radius 1 is 1.53 bits per heavy atom. The molecule has 1 saturated carbocycles. The molecular weight excluding hydrogens is 196 g/mol. The van der Waals surface area contributed by atoms with E-state index in [1.165, 1.54) is 13.2 Å². The summed E-state index contributed by atoms with van der Waals surface area (Å²) < 4.78 is 5.10. The van der Waals surface area contributed by atoms with Gasteiger partial charge in [0.1, 0.15) is 11.5 Å². The lowest BCUT2D eigenvalue weighted by molar-refractivity contribution is -0.138. The maximum Gasteiger partial charge on any atom is 0.307 e. The minimum atomic E-state index is -0.768. The van der Waals surface area contributed by atoms with Crippen LogP contribution in [-0.4, -0.2) is 23.3 Å².